The largest absolute Gasteiger partial charge is 0.393 e. The molecule has 23 heavy (non-hydrogen) atoms. The minimum Gasteiger partial charge on any atom is -0.393 e. The lowest BCUT2D eigenvalue weighted by atomic mass is 9.94. The molecule has 0 atom stereocenters. The van der Waals surface area contributed by atoms with E-state index in [4.69, 9.17) is 0 Å². The maximum atomic E-state index is 12.2. The molecule has 0 bridgehead atoms. The molecule has 0 aromatic heterocycles. The average molecular weight is 310 g/mol. The first-order valence-corrected chi connectivity index (χ1v) is 8.12. The fraction of sp³-hybridized carbons (Fsp3) is 0.316. The van der Waals surface area contributed by atoms with Crippen molar-refractivity contribution in [1.29, 1.82) is 0 Å². The van der Waals surface area contributed by atoms with Crippen LogP contribution in [0, 0.1) is 0 Å². The fourth-order valence-electron chi connectivity index (χ4n) is 2.90. The Hall–Kier alpha value is -2.17. The van der Waals surface area contributed by atoms with Crippen LogP contribution in [0.15, 0.2) is 54.6 Å². The molecule has 1 saturated carbocycles. The second kappa shape index (κ2) is 7.40. The number of carbonyl (C=O) groups excluding carboxylic acids is 1. The van der Waals surface area contributed by atoms with Gasteiger partial charge in [-0.15, -0.1) is 0 Å². The lowest BCUT2D eigenvalue weighted by Crippen LogP contribution is -2.46. The molecular weight excluding hydrogens is 288 g/mol. The van der Waals surface area contributed by atoms with Crippen LogP contribution < -0.4 is 10.9 Å². The van der Waals surface area contributed by atoms with Crippen molar-refractivity contribution in [1.82, 2.24) is 10.9 Å². The van der Waals surface area contributed by atoms with Crippen molar-refractivity contribution in [2.75, 3.05) is 0 Å². The monoisotopic (exact) mass is 310 g/mol. The van der Waals surface area contributed by atoms with Crippen LogP contribution in [-0.2, 0) is 0 Å². The van der Waals surface area contributed by atoms with Crippen LogP contribution in [0.3, 0.4) is 0 Å². The van der Waals surface area contributed by atoms with E-state index in [2.05, 4.69) is 10.9 Å². The summed E-state index contributed by atoms with van der Waals surface area (Å²) < 4.78 is 0. The van der Waals surface area contributed by atoms with E-state index in [1.165, 1.54) is 0 Å². The van der Waals surface area contributed by atoms with Gasteiger partial charge in [-0.25, -0.2) is 5.43 Å². The molecule has 0 spiro atoms. The molecule has 1 amide bonds. The molecule has 2 aromatic rings. The Bertz CT molecular complexity index is 632. The topological polar surface area (TPSA) is 61.4 Å². The Morgan fingerprint density at radius 1 is 0.870 bits per heavy atom. The molecule has 3 rings (SSSR count). The lowest BCUT2D eigenvalue weighted by molar-refractivity contribution is 0.0887. The Labute approximate surface area is 136 Å². The van der Waals surface area contributed by atoms with Crippen LogP contribution in [0.5, 0.6) is 0 Å². The number of carbonyl (C=O) groups is 1. The number of aliphatic hydroxyl groups excluding tert-OH is 1. The zero-order valence-electron chi connectivity index (χ0n) is 13.0. The zero-order chi connectivity index (χ0) is 16.1. The molecule has 1 fully saturated rings. The molecule has 0 aliphatic heterocycles. The van der Waals surface area contributed by atoms with Gasteiger partial charge in [0.15, 0.2) is 0 Å². The summed E-state index contributed by atoms with van der Waals surface area (Å²) in [6.45, 7) is 0. The van der Waals surface area contributed by atoms with E-state index in [1.54, 1.807) is 0 Å². The van der Waals surface area contributed by atoms with Crippen molar-refractivity contribution in [2.24, 2.45) is 0 Å². The van der Waals surface area contributed by atoms with E-state index >= 15 is 0 Å². The van der Waals surface area contributed by atoms with Gasteiger partial charge in [0.05, 0.1) is 6.10 Å². The Balaban J connectivity index is 1.55. The van der Waals surface area contributed by atoms with Crippen LogP contribution >= 0.6 is 0 Å². The van der Waals surface area contributed by atoms with Crippen LogP contribution in [0.2, 0.25) is 0 Å². The predicted molar refractivity (Wildman–Crippen MR) is 90.7 cm³/mol. The van der Waals surface area contributed by atoms with Crippen molar-refractivity contribution in [3.05, 3.63) is 60.2 Å². The van der Waals surface area contributed by atoms with E-state index in [1.807, 2.05) is 54.6 Å². The highest BCUT2D eigenvalue weighted by Gasteiger charge is 2.19. The summed E-state index contributed by atoms with van der Waals surface area (Å²) in [6, 6.07) is 17.9. The minimum atomic E-state index is -0.186. The van der Waals surface area contributed by atoms with Gasteiger partial charge >= 0.3 is 0 Å². The molecule has 0 unspecified atom stereocenters. The number of hydrogen-bond donors (Lipinski definition) is 3. The molecule has 0 heterocycles. The second-order valence-corrected chi connectivity index (χ2v) is 6.05. The van der Waals surface area contributed by atoms with Gasteiger partial charge in [-0.1, -0.05) is 42.5 Å². The number of benzene rings is 2. The Kier molecular flexibility index (Phi) is 5.05. The molecular formula is C19H22N2O2. The molecule has 0 saturated heterocycles. The van der Waals surface area contributed by atoms with E-state index in [0.29, 0.717) is 5.56 Å². The third-order valence-electron chi connectivity index (χ3n) is 4.34. The number of hydrogen-bond acceptors (Lipinski definition) is 3. The summed E-state index contributed by atoms with van der Waals surface area (Å²) >= 11 is 0. The van der Waals surface area contributed by atoms with Gasteiger partial charge < -0.3 is 5.11 Å². The van der Waals surface area contributed by atoms with Gasteiger partial charge in [-0.2, -0.15) is 0 Å². The van der Waals surface area contributed by atoms with E-state index in [0.717, 1.165) is 36.8 Å². The predicted octanol–water partition coefficient (Wildman–Crippen LogP) is 2.89. The first kappa shape index (κ1) is 15.7. The third kappa shape index (κ3) is 4.18. The first-order chi connectivity index (χ1) is 11.2. The fourth-order valence-corrected chi connectivity index (χ4v) is 2.90. The van der Waals surface area contributed by atoms with E-state index < -0.39 is 0 Å². The summed E-state index contributed by atoms with van der Waals surface area (Å²) in [5.74, 6) is -0.129. The van der Waals surface area contributed by atoms with Gasteiger partial charge in [0, 0.05) is 11.6 Å². The number of amides is 1. The zero-order valence-corrected chi connectivity index (χ0v) is 13.0. The van der Waals surface area contributed by atoms with E-state index in [-0.39, 0.29) is 18.1 Å². The standard InChI is InChI=1S/C19H22N2O2/c22-18-12-10-17(11-13-18)20-21-19(23)16-8-6-15(7-9-16)14-4-2-1-3-5-14/h1-9,17-18,20,22H,10-13H2,(H,21,23). The van der Waals surface area contributed by atoms with Crippen LogP contribution in [-0.4, -0.2) is 23.2 Å². The number of hydrazine groups is 1. The highest BCUT2D eigenvalue weighted by atomic mass is 16.3. The van der Waals surface area contributed by atoms with Crippen LogP contribution in [0.4, 0.5) is 0 Å². The molecule has 1 aliphatic carbocycles. The Morgan fingerprint density at radius 3 is 2.13 bits per heavy atom. The van der Waals surface area contributed by atoms with Gasteiger partial charge in [0.25, 0.3) is 5.91 Å². The molecule has 120 valence electrons. The average Bonchev–Trinajstić information content (AvgIpc) is 2.62. The second-order valence-electron chi connectivity index (χ2n) is 6.05. The molecule has 4 heteroatoms. The van der Waals surface area contributed by atoms with Crippen molar-refractivity contribution >= 4 is 5.91 Å². The maximum Gasteiger partial charge on any atom is 0.265 e. The van der Waals surface area contributed by atoms with Gasteiger partial charge in [0.1, 0.15) is 0 Å². The van der Waals surface area contributed by atoms with Crippen LogP contribution in [0.25, 0.3) is 11.1 Å². The number of aliphatic hydroxyl groups is 1. The van der Waals surface area contributed by atoms with Crippen molar-refractivity contribution < 1.29 is 9.90 Å². The number of rotatable bonds is 4. The van der Waals surface area contributed by atoms with Crippen molar-refractivity contribution in [3.8, 4) is 11.1 Å². The summed E-state index contributed by atoms with van der Waals surface area (Å²) in [5.41, 5.74) is 8.71. The molecule has 0 radical (unpaired) electrons. The SMILES string of the molecule is O=C(NNC1CCC(O)CC1)c1ccc(-c2ccccc2)cc1. The third-order valence-corrected chi connectivity index (χ3v) is 4.34. The molecule has 2 aromatic carbocycles. The quantitative estimate of drug-likeness (QED) is 0.761. The smallest absolute Gasteiger partial charge is 0.265 e. The summed E-state index contributed by atoms with van der Waals surface area (Å²) in [4.78, 5) is 12.2. The van der Waals surface area contributed by atoms with Crippen LogP contribution in [0.1, 0.15) is 36.0 Å². The molecule has 3 N–H and O–H groups in total. The van der Waals surface area contributed by atoms with Gasteiger partial charge in [-0.3, -0.25) is 10.2 Å². The molecule has 4 nitrogen and oxygen atoms in total. The van der Waals surface area contributed by atoms with Crippen molar-refractivity contribution in [2.45, 2.75) is 37.8 Å². The highest BCUT2D eigenvalue weighted by molar-refractivity contribution is 5.94. The maximum absolute atomic E-state index is 12.2. The van der Waals surface area contributed by atoms with E-state index in [9.17, 15) is 9.90 Å². The van der Waals surface area contributed by atoms with Gasteiger partial charge in [-0.05, 0) is 48.9 Å². The summed E-state index contributed by atoms with van der Waals surface area (Å²) in [6.07, 6.45) is 3.16. The molecule has 1 aliphatic rings. The first-order valence-electron chi connectivity index (χ1n) is 8.12. The summed E-state index contributed by atoms with van der Waals surface area (Å²) in [7, 11) is 0. The lowest BCUT2D eigenvalue weighted by Gasteiger charge is -2.26. The minimum absolute atomic E-state index is 0.129. The normalized spacial score (nSPS) is 20.9. The van der Waals surface area contributed by atoms with Gasteiger partial charge in [0.2, 0.25) is 0 Å². The summed E-state index contributed by atoms with van der Waals surface area (Å²) in [5, 5.41) is 9.49. The highest BCUT2D eigenvalue weighted by Crippen LogP contribution is 2.20. The number of nitrogens with one attached hydrogen (secondary N) is 2. The Morgan fingerprint density at radius 2 is 1.48 bits per heavy atom. The van der Waals surface area contributed by atoms with Crippen molar-refractivity contribution in [3.63, 3.8) is 0 Å².